The quantitative estimate of drug-likeness (QED) is 0.829. The van der Waals surface area contributed by atoms with Crippen LogP contribution in [0.4, 0.5) is 0 Å². The molecular formula is C19H23N3O2S. The number of hydrogen-bond acceptors (Lipinski definition) is 3. The summed E-state index contributed by atoms with van der Waals surface area (Å²) in [5, 5.41) is 3.70. The van der Waals surface area contributed by atoms with Crippen molar-refractivity contribution in [3.8, 4) is 0 Å². The lowest BCUT2D eigenvalue weighted by Gasteiger charge is -2.28. The van der Waals surface area contributed by atoms with E-state index in [-0.39, 0.29) is 17.5 Å². The molecule has 2 saturated carbocycles. The fourth-order valence-electron chi connectivity index (χ4n) is 4.75. The van der Waals surface area contributed by atoms with Crippen LogP contribution >= 0.6 is 12.2 Å². The molecule has 4 rings (SSSR count). The molecule has 1 aromatic carbocycles. The topological polar surface area (TPSA) is 66.9 Å². The second-order valence-electron chi connectivity index (χ2n) is 7.66. The molecular weight excluding hydrogens is 334 g/mol. The molecule has 2 aliphatic rings. The number of aromatic amines is 1. The lowest BCUT2D eigenvalue weighted by Crippen LogP contribution is -2.40. The number of H-pyrrole nitrogens is 1. The van der Waals surface area contributed by atoms with Gasteiger partial charge in [-0.05, 0) is 74.4 Å². The minimum Gasteiger partial charge on any atom is -0.349 e. The minimum absolute atomic E-state index is 0.0860. The van der Waals surface area contributed by atoms with Crippen molar-refractivity contribution in [1.29, 1.82) is 0 Å². The van der Waals surface area contributed by atoms with Gasteiger partial charge in [0.1, 0.15) is 0 Å². The van der Waals surface area contributed by atoms with Gasteiger partial charge in [0.2, 0.25) is 0 Å². The van der Waals surface area contributed by atoms with E-state index in [2.05, 4.69) is 17.2 Å². The monoisotopic (exact) mass is 357 g/mol. The van der Waals surface area contributed by atoms with E-state index in [1.54, 1.807) is 25.2 Å². The highest BCUT2D eigenvalue weighted by Gasteiger charge is 2.42. The summed E-state index contributed by atoms with van der Waals surface area (Å²) >= 11 is 5.16. The third kappa shape index (κ3) is 2.82. The average Bonchev–Trinajstić information content (AvgIpc) is 3.22. The van der Waals surface area contributed by atoms with Gasteiger partial charge in [-0.1, -0.05) is 6.42 Å². The van der Waals surface area contributed by atoms with Gasteiger partial charge in [0.25, 0.3) is 11.5 Å². The van der Waals surface area contributed by atoms with Crippen LogP contribution in [-0.2, 0) is 7.05 Å². The normalized spacial score (nSPS) is 26.1. The van der Waals surface area contributed by atoms with Crippen molar-refractivity contribution in [2.45, 2.75) is 38.6 Å². The fraction of sp³-hybridized carbons (Fsp3) is 0.526. The molecule has 2 N–H and O–H groups in total. The third-order valence-electron chi connectivity index (χ3n) is 6.16. The molecule has 2 bridgehead atoms. The molecule has 2 aliphatic carbocycles. The molecule has 2 fully saturated rings. The molecule has 4 atom stereocenters. The lowest BCUT2D eigenvalue weighted by atomic mass is 9.84. The smallest absolute Gasteiger partial charge is 0.261 e. The van der Waals surface area contributed by atoms with Crippen LogP contribution in [0.3, 0.4) is 0 Å². The van der Waals surface area contributed by atoms with E-state index in [4.69, 9.17) is 12.2 Å². The first-order valence-corrected chi connectivity index (χ1v) is 9.39. The van der Waals surface area contributed by atoms with Crippen LogP contribution in [0.2, 0.25) is 0 Å². The zero-order chi connectivity index (χ0) is 17.7. The number of hydrogen-bond donors (Lipinski definition) is 2. The third-order valence-corrected chi connectivity index (χ3v) is 6.53. The van der Waals surface area contributed by atoms with Gasteiger partial charge in [0.15, 0.2) is 4.77 Å². The van der Waals surface area contributed by atoms with E-state index in [1.807, 2.05) is 0 Å². The van der Waals surface area contributed by atoms with E-state index in [0.29, 0.717) is 27.2 Å². The number of nitrogens with zero attached hydrogens (tertiary/aromatic N) is 1. The van der Waals surface area contributed by atoms with E-state index in [9.17, 15) is 9.59 Å². The van der Waals surface area contributed by atoms with E-state index in [1.165, 1.54) is 30.3 Å². The van der Waals surface area contributed by atoms with E-state index < -0.39 is 0 Å². The first kappa shape index (κ1) is 16.5. The van der Waals surface area contributed by atoms with Gasteiger partial charge < -0.3 is 10.3 Å². The van der Waals surface area contributed by atoms with Crippen molar-refractivity contribution >= 4 is 29.0 Å². The number of nitrogens with one attached hydrogen (secondary N) is 2. The second-order valence-corrected chi connectivity index (χ2v) is 8.04. The Morgan fingerprint density at radius 3 is 2.84 bits per heavy atom. The summed E-state index contributed by atoms with van der Waals surface area (Å²) in [6.07, 6.45) is 5.25. The summed E-state index contributed by atoms with van der Waals surface area (Å²) in [5.74, 6) is 2.15. The molecule has 4 unspecified atom stereocenters. The zero-order valence-corrected chi connectivity index (χ0v) is 15.4. The number of carbonyl (C=O) groups is 1. The van der Waals surface area contributed by atoms with Gasteiger partial charge in [0.05, 0.1) is 10.9 Å². The Bertz CT molecular complexity index is 961. The molecule has 1 aromatic heterocycles. The number of aromatic nitrogens is 2. The Labute approximate surface area is 151 Å². The Morgan fingerprint density at radius 1 is 1.36 bits per heavy atom. The van der Waals surface area contributed by atoms with Gasteiger partial charge in [-0.25, -0.2) is 0 Å². The Morgan fingerprint density at radius 2 is 2.16 bits per heavy atom. The fourth-order valence-corrected chi connectivity index (χ4v) is 4.94. The Kier molecular flexibility index (Phi) is 4.02. The summed E-state index contributed by atoms with van der Waals surface area (Å²) in [5.41, 5.74) is 1.01. The van der Waals surface area contributed by atoms with E-state index in [0.717, 1.165) is 11.8 Å². The molecule has 1 amide bonds. The second kappa shape index (κ2) is 6.09. The van der Waals surface area contributed by atoms with Crippen LogP contribution in [0.15, 0.2) is 23.0 Å². The first-order valence-electron chi connectivity index (χ1n) is 8.98. The van der Waals surface area contributed by atoms with Crippen LogP contribution in [0.1, 0.15) is 43.0 Å². The van der Waals surface area contributed by atoms with Crippen molar-refractivity contribution in [2.75, 3.05) is 0 Å². The number of amides is 1. The number of rotatable bonds is 3. The van der Waals surface area contributed by atoms with Crippen molar-refractivity contribution in [3.63, 3.8) is 0 Å². The highest BCUT2D eigenvalue weighted by molar-refractivity contribution is 7.71. The molecule has 132 valence electrons. The van der Waals surface area contributed by atoms with Gasteiger partial charge in [-0.2, -0.15) is 0 Å². The standard InChI is InChI=1S/C19H23N3O2S/c1-10(15-8-11-3-4-12(15)7-11)20-17(23)13-5-6-14-16(9-13)21-19(25)22(2)18(14)24/h5-6,9-12,15H,3-4,7-8H2,1-2H3,(H,20,23)(H,21,25). The van der Waals surface area contributed by atoms with Crippen molar-refractivity contribution in [3.05, 3.63) is 38.9 Å². The van der Waals surface area contributed by atoms with E-state index >= 15 is 0 Å². The average molecular weight is 357 g/mol. The minimum atomic E-state index is -0.152. The summed E-state index contributed by atoms with van der Waals surface area (Å²) in [6, 6.07) is 5.31. The summed E-state index contributed by atoms with van der Waals surface area (Å²) in [6.45, 7) is 2.12. The molecule has 0 aliphatic heterocycles. The molecule has 5 nitrogen and oxygen atoms in total. The molecule has 0 saturated heterocycles. The van der Waals surface area contributed by atoms with Crippen LogP contribution in [0, 0.1) is 22.5 Å². The largest absolute Gasteiger partial charge is 0.349 e. The highest BCUT2D eigenvalue weighted by atomic mass is 32.1. The van der Waals surface area contributed by atoms with Crippen molar-refractivity contribution in [1.82, 2.24) is 14.9 Å². The highest BCUT2D eigenvalue weighted by Crippen LogP contribution is 2.49. The molecule has 25 heavy (non-hydrogen) atoms. The Balaban J connectivity index is 1.57. The summed E-state index contributed by atoms with van der Waals surface area (Å²) in [7, 11) is 1.64. The maximum atomic E-state index is 12.7. The summed E-state index contributed by atoms with van der Waals surface area (Å²) < 4.78 is 1.75. The van der Waals surface area contributed by atoms with Crippen molar-refractivity contribution in [2.24, 2.45) is 24.8 Å². The van der Waals surface area contributed by atoms with Crippen molar-refractivity contribution < 1.29 is 4.79 Å². The van der Waals surface area contributed by atoms with Crippen LogP contribution < -0.4 is 10.9 Å². The van der Waals surface area contributed by atoms with Crippen LogP contribution in [0.25, 0.3) is 10.9 Å². The van der Waals surface area contributed by atoms with Gasteiger partial charge in [-0.15, -0.1) is 0 Å². The SMILES string of the molecule is CC(NC(=O)c1ccc2c(=O)n(C)c(=S)[nH]c2c1)C1CC2CCC1C2. The van der Waals surface area contributed by atoms with Gasteiger partial charge >= 0.3 is 0 Å². The van der Waals surface area contributed by atoms with Crippen LogP contribution in [-0.4, -0.2) is 21.5 Å². The molecule has 2 aromatic rings. The molecule has 0 spiro atoms. The zero-order valence-electron chi connectivity index (χ0n) is 14.5. The maximum absolute atomic E-state index is 12.7. The van der Waals surface area contributed by atoms with Gasteiger partial charge in [-0.3, -0.25) is 14.2 Å². The number of fused-ring (bicyclic) bond motifs is 3. The van der Waals surface area contributed by atoms with Gasteiger partial charge in [0, 0.05) is 18.7 Å². The number of carbonyl (C=O) groups excluding carboxylic acids is 1. The lowest BCUT2D eigenvalue weighted by molar-refractivity contribution is 0.0915. The maximum Gasteiger partial charge on any atom is 0.261 e. The predicted molar refractivity (Wildman–Crippen MR) is 100 cm³/mol. The molecule has 1 heterocycles. The molecule has 6 heteroatoms. The predicted octanol–water partition coefficient (Wildman–Crippen LogP) is 3.15. The van der Waals surface area contributed by atoms with Crippen LogP contribution in [0.5, 0.6) is 0 Å². The molecule has 0 radical (unpaired) electrons. The summed E-state index contributed by atoms with van der Waals surface area (Å²) in [4.78, 5) is 27.9. The first-order chi connectivity index (χ1) is 11.9. The Hall–Kier alpha value is -1.95. The number of benzene rings is 1.